The molecule has 174 valence electrons. The normalized spacial score (nSPS) is 13.5. The van der Waals surface area contributed by atoms with Crippen molar-refractivity contribution in [3.05, 3.63) is 76.4 Å². The molecule has 3 nitrogen and oxygen atoms in total. The van der Waals surface area contributed by atoms with Gasteiger partial charge in [-0.05, 0) is 55.2 Å². The van der Waals surface area contributed by atoms with E-state index in [-0.39, 0.29) is 10.6 Å². The molecule has 2 heterocycles. The van der Waals surface area contributed by atoms with E-state index in [1.807, 2.05) is 19.2 Å². The zero-order valence-electron chi connectivity index (χ0n) is 17.3. The number of hydrogen-bond donors (Lipinski definition) is 1. The zero-order valence-corrected chi connectivity index (χ0v) is 18.9. The molecule has 2 aromatic heterocycles. The van der Waals surface area contributed by atoms with Crippen molar-refractivity contribution in [2.75, 3.05) is 6.26 Å². The van der Waals surface area contributed by atoms with Gasteiger partial charge in [0, 0.05) is 16.6 Å². The number of aromatic nitrogens is 1. The second kappa shape index (κ2) is 9.60. The highest BCUT2D eigenvalue weighted by atomic mass is 32.2. The first-order valence-electron chi connectivity index (χ1n) is 9.30. The minimum absolute atomic E-state index is 0.223. The van der Waals surface area contributed by atoms with Crippen molar-refractivity contribution in [1.82, 2.24) is 4.98 Å². The summed E-state index contributed by atoms with van der Waals surface area (Å²) in [4.78, 5) is 9.17. The van der Waals surface area contributed by atoms with Crippen molar-refractivity contribution in [2.24, 2.45) is 10.7 Å². The van der Waals surface area contributed by atoms with Crippen molar-refractivity contribution in [1.29, 1.82) is 0 Å². The summed E-state index contributed by atoms with van der Waals surface area (Å²) in [5.41, 5.74) is 3.43. The Balaban J connectivity index is 2.13. The van der Waals surface area contributed by atoms with Gasteiger partial charge in [-0.2, -0.15) is 26.3 Å². The largest absolute Gasteiger partial charge is 0.430 e. The smallest absolute Gasteiger partial charge is 0.395 e. The van der Waals surface area contributed by atoms with Gasteiger partial charge in [0.25, 0.3) is 0 Å². The molecule has 0 unspecified atom stereocenters. The van der Waals surface area contributed by atoms with E-state index < -0.39 is 29.3 Å². The Morgan fingerprint density at radius 2 is 1.79 bits per heavy atom. The van der Waals surface area contributed by atoms with Gasteiger partial charge in [-0.15, -0.1) is 23.1 Å². The molecule has 0 saturated carbocycles. The van der Waals surface area contributed by atoms with Crippen LogP contribution in [0.3, 0.4) is 0 Å². The van der Waals surface area contributed by atoms with Crippen LogP contribution < -0.4 is 5.73 Å². The second-order valence-corrected chi connectivity index (χ2v) is 8.70. The highest BCUT2D eigenvalue weighted by Crippen LogP contribution is 2.37. The van der Waals surface area contributed by atoms with Gasteiger partial charge in [0.1, 0.15) is 5.70 Å². The van der Waals surface area contributed by atoms with Crippen LogP contribution in [0, 0.1) is 6.92 Å². The predicted octanol–water partition coefficient (Wildman–Crippen LogP) is 7.38. The molecule has 0 saturated heterocycles. The van der Waals surface area contributed by atoms with Crippen molar-refractivity contribution in [3.63, 3.8) is 0 Å². The molecule has 1 aromatic carbocycles. The Morgan fingerprint density at radius 3 is 2.39 bits per heavy atom. The molecule has 0 amide bonds. The summed E-state index contributed by atoms with van der Waals surface area (Å²) >= 11 is 2.55. The average Bonchev–Trinajstić information content (AvgIpc) is 3.22. The van der Waals surface area contributed by atoms with Gasteiger partial charge in [-0.3, -0.25) is 0 Å². The Labute approximate surface area is 194 Å². The van der Waals surface area contributed by atoms with Crippen molar-refractivity contribution >= 4 is 34.5 Å². The monoisotopic (exact) mass is 501 g/mol. The number of thiophene rings is 1. The van der Waals surface area contributed by atoms with Gasteiger partial charge in [0.2, 0.25) is 0 Å². The lowest BCUT2D eigenvalue weighted by atomic mass is 10.1. The van der Waals surface area contributed by atoms with Crippen LogP contribution in [0.15, 0.2) is 70.5 Å². The van der Waals surface area contributed by atoms with E-state index in [4.69, 9.17) is 5.73 Å². The lowest BCUT2D eigenvalue weighted by Crippen LogP contribution is -2.20. The predicted molar refractivity (Wildman–Crippen MR) is 120 cm³/mol. The molecule has 0 fully saturated rings. The standard InChI is InChI=1S/C22H17F6N3S2/c1-12-9-13(11-30-20(12)32-2)17-7-8-18(33-17)16(10-19(29)22(26,27)28)31-15-6-4-3-5-14(15)21(23,24)25/h3-11H,29H2,1-2H3. The molecule has 0 aliphatic carbocycles. The number of aryl methyl sites for hydroxylation is 1. The third kappa shape index (κ3) is 5.97. The maximum Gasteiger partial charge on any atom is 0.430 e. The summed E-state index contributed by atoms with van der Waals surface area (Å²) in [6.07, 6.45) is -5.53. The minimum atomic E-state index is -4.86. The maximum absolute atomic E-state index is 13.4. The lowest BCUT2D eigenvalue weighted by molar-refractivity contribution is -0.137. The van der Waals surface area contributed by atoms with Crippen molar-refractivity contribution in [3.8, 4) is 10.4 Å². The number of nitrogens with two attached hydrogens (primary N) is 1. The van der Waals surface area contributed by atoms with Crippen LogP contribution in [0.4, 0.5) is 32.0 Å². The number of para-hydroxylation sites is 1. The average molecular weight is 502 g/mol. The second-order valence-electron chi connectivity index (χ2n) is 6.82. The fourth-order valence-electron chi connectivity index (χ4n) is 2.87. The van der Waals surface area contributed by atoms with Gasteiger partial charge in [-0.25, -0.2) is 9.98 Å². The van der Waals surface area contributed by atoms with Gasteiger partial charge < -0.3 is 5.73 Å². The van der Waals surface area contributed by atoms with Crippen LogP contribution in [0.1, 0.15) is 16.0 Å². The number of hydrogen-bond acceptors (Lipinski definition) is 5. The zero-order chi connectivity index (χ0) is 24.4. The third-order valence-corrected chi connectivity index (χ3v) is 6.41. The van der Waals surface area contributed by atoms with E-state index in [1.54, 1.807) is 12.3 Å². The molecule has 3 rings (SSSR count). The molecular formula is C22H17F6N3S2. The number of thioether (sulfide) groups is 1. The number of pyridine rings is 1. The highest BCUT2D eigenvalue weighted by molar-refractivity contribution is 7.98. The van der Waals surface area contributed by atoms with Crippen LogP contribution in [0.25, 0.3) is 10.4 Å². The number of aliphatic imine (C=N–C) groups is 1. The molecule has 0 aliphatic heterocycles. The number of rotatable bonds is 5. The van der Waals surface area contributed by atoms with E-state index >= 15 is 0 Å². The first kappa shape index (κ1) is 24.8. The molecule has 0 radical (unpaired) electrons. The molecule has 3 aromatic rings. The molecule has 0 atom stereocenters. The molecule has 0 spiro atoms. The van der Waals surface area contributed by atoms with E-state index in [0.29, 0.717) is 11.0 Å². The van der Waals surface area contributed by atoms with E-state index in [2.05, 4.69) is 9.98 Å². The summed E-state index contributed by atoms with van der Waals surface area (Å²) in [5.74, 6) is 0. The first-order chi connectivity index (χ1) is 15.4. The fourth-order valence-corrected chi connectivity index (χ4v) is 4.36. The van der Waals surface area contributed by atoms with E-state index in [1.165, 1.54) is 30.0 Å². The van der Waals surface area contributed by atoms with Crippen LogP contribution >= 0.6 is 23.1 Å². The number of nitrogens with zero attached hydrogens (tertiary/aromatic N) is 2. The van der Waals surface area contributed by atoms with Crippen molar-refractivity contribution in [2.45, 2.75) is 24.3 Å². The van der Waals surface area contributed by atoms with Crippen molar-refractivity contribution < 1.29 is 26.3 Å². The van der Waals surface area contributed by atoms with Gasteiger partial charge in [0.15, 0.2) is 0 Å². The maximum atomic E-state index is 13.4. The fraction of sp³-hybridized carbons (Fsp3) is 0.182. The Hall–Kier alpha value is -2.79. The summed E-state index contributed by atoms with van der Waals surface area (Å²) in [7, 11) is 0. The molecule has 0 aliphatic rings. The topological polar surface area (TPSA) is 51.3 Å². The summed E-state index contributed by atoms with van der Waals surface area (Å²) < 4.78 is 79.4. The van der Waals surface area contributed by atoms with Gasteiger partial charge in [-0.1, -0.05) is 12.1 Å². The van der Waals surface area contributed by atoms with Crippen LogP contribution in [-0.4, -0.2) is 23.1 Å². The SMILES string of the molecule is CSc1ncc(-c2ccc(C(C=C(N)C(F)(F)F)=Nc3ccccc3C(F)(F)F)s2)cc1C. The number of halogens is 6. The Kier molecular flexibility index (Phi) is 7.23. The minimum Gasteiger partial charge on any atom is -0.395 e. The van der Waals surface area contributed by atoms with Crippen LogP contribution in [0.2, 0.25) is 0 Å². The summed E-state index contributed by atoms with van der Waals surface area (Å²) in [5, 5.41) is 0.836. The molecule has 2 N–H and O–H groups in total. The number of benzene rings is 1. The molecular weight excluding hydrogens is 484 g/mol. The molecule has 11 heteroatoms. The summed E-state index contributed by atoms with van der Waals surface area (Å²) in [6.45, 7) is 1.88. The Bertz CT molecular complexity index is 1210. The molecule has 33 heavy (non-hydrogen) atoms. The Morgan fingerprint density at radius 1 is 1.09 bits per heavy atom. The third-order valence-electron chi connectivity index (χ3n) is 4.44. The van der Waals surface area contributed by atoms with E-state index in [0.717, 1.165) is 39.6 Å². The van der Waals surface area contributed by atoms with E-state index in [9.17, 15) is 26.3 Å². The van der Waals surface area contributed by atoms with Gasteiger partial charge >= 0.3 is 12.4 Å². The van der Waals surface area contributed by atoms with Crippen LogP contribution in [-0.2, 0) is 6.18 Å². The van der Waals surface area contributed by atoms with Crippen LogP contribution in [0.5, 0.6) is 0 Å². The summed E-state index contributed by atoms with van der Waals surface area (Å²) in [6, 6.07) is 9.43. The lowest BCUT2D eigenvalue weighted by Gasteiger charge is -2.11. The highest BCUT2D eigenvalue weighted by Gasteiger charge is 2.34. The van der Waals surface area contributed by atoms with Gasteiger partial charge in [0.05, 0.1) is 26.9 Å². The first-order valence-corrected chi connectivity index (χ1v) is 11.3. The molecule has 0 bridgehead atoms. The quantitative estimate of drug-likeness (QED) is 0.225. The number of allylic oxidation sites excluding steroid dienone is 2. The number of alkyl halides is 6.